The Bertz CT molecular complexity index is 906. The van der Waals surface area contributed by atoms with E-state index in [0.717, 1.165) is 12.3 Å². The molecule has 0 saturated carbocycles. The van der Waals surface area contributed by atoms with E-state index in [-0.39, 0.29) is 23.9 Å². The topological polar surface area (TPSA) is 141 Å². The van der Waals surface area contributed by atoms with Crippen LogP contribution in [0.15, 0.2) is 21.6 Å². The first kappa shape index (κ1) is 22.5. The van der Waals surface area contributed by atoms with Crippen LogP contribution in [0.1, 0.15) is 47.4 Å². The summed E-state index contributed by atoms with van der Waals surface area (Å²) < 4.78 is 43.5. The van der Waals surface area contributed by atoms with Crippen molar-refractivity contribution in [2.45, 2.75) is 69.7 Å². The Morgan fingerprint density at radius 1 is 1.14 bits per heavy atom. The molecule has 2 rings (SSSR count). The molecule has 9 nitrogen and oxygen atoms in total. The maximum atomic E-state index is 11.2. The molecule has 3 N–H and O–H groups in total. The maximum Gasteiger partial charge on any atom is 0.296 e. The fourth-order valence-electron chi connectivity index (χ4n) is 3.88. The van der Waals surface area contributed by atoms with E-state index in [0.29, 0.717) is 22.5 Å². The molecule has 0 saturated heterocycles. The van der Waals surface area contributed by atoms with E-state index >= 15 is 0 Å². The SMILES string of the molecule is CC(C)[Si](OCc1nnc(-c2ncc(S(=O)(=O)O)cc2N)o1)(C(C)C)C(C)C. The van der Waals surface area contributed by atoms with Crippen LogP contribution in [0.25, 0.3) is 11.6 Å². The van der Waals surface area contributed by atoms with Gasteiger partial charge in [0.25, 0.3) is 16.0 Å². The highest BCUT2D eigenvalue weighted by atomic mass is 32.2. The zero-order valence-corrected chi connectivity index (χ0v) is 18.8. The van der Waals surface area contributed by atoms with E-state index in [1.807, 2.05) is 0 Å². The van der Waals surface area contributed by atoms with Crippen molar-refractivity contribution in [3.05, 3.63) is 18.2 Å². The second kappa shape index (κ2) is 8.27. The lowest BCUT2D eigenvalue weighted by molar-refractivity contribution is 0.232. The zero-order valence-electron chi connectivity index (χ0n) is 17.0. The first-order valence-corrected chi connectivity index (χ1v) is 12.7. The predicted molar refractivity (Wildman–Crippen MR) is 108 cm³/mol. The van der Waals surface area contributed by atoms with E-state index in [9.17, 15) is 8.42 Å². The highest BCUT2D eigenvalue weighted by molar-refractivity contribution is 7.85. The van der Waals surface area contributed by atoms with E-state index in [1.54, 1.807) is 0 Å². The smallest absolute Gasteiger partial charge is 0.296 e. The Morgan fingerprint density at radius 3 is 2.18 bits per heavy atom. The molecular weight excluding hydrogens is 400 g/mol. The van der Waals surface area contributed by atoms with Crippen molar-refractivity contribution in [3.63, 3.8) is 0 Å². The molecule has 0 aliphatic heterocycles. The molecule has 0 spiro atoms. The fraction of sp³-hybridized carbons (Fsp3) is 0.588. The molecule has 0 unspecified atom stereocenters. The Labute approximate surface area is 166 Å². The van der Waals surface area contributed by atoms with Gasteiger partial charge < -0.3 is 14.6 Å². The largest absolute Gasteiger partial charge is 0.417 e. The molecule has 0 atom stereocenters. The van der Waals surface area contributed by atoms with Gasteiger partial charge in [0.2, 0.25) is 14.2 Å². The monoisotopic (exact) mass is 428 g/mol. The summed E-state index contributed by atoms with van der Waals surface area (Å²) >= 11 is 0. The van der Waals surface area contributed by atoms with Crippen LogP contribution >= 0.6 is 0 Å². The molecule has 0 radical (unpaired) electrons. The summed E-state index contributed by atoms with van der Waals surface area (Å²) in [5.41, 5.74) is 7.23. The standard InChI is InChI=1S/C17H28N4O5SSi/c1-10(2)28(11(3)4,12(5)6)25-9-15-20-21-17(26-15)16-14(18)7-13(8-19-16)27(22,23)24/h7-8,10-12H,9,18H2,1-6H3,(H,22,23,24). The molecule has 0 aromatic carbocycles. The van der Waals surface area contributed by atoms with Crippen LogP contribution in [0, 0.1) is 0 Å². The molecule has 156 valence electrons. The zero-order chi connectivity index (χ0) is 21.3. The van der Waals surface area contributed by atoms with Gasteiger partial charge in [-0.15, -0.1) is 10.2 Å². The number of aromatic nitrogens is 3. The quantitative estimate of drug-likeness (QED) is 0.476. The first-order chi connectivity index (χ1) is 12.9. The number of nitrogen functional groups attached to an aromatic ring is 1. The van der Waals surface area contributed by atoms with E-state index in [4.69, 9.17) is 19.1 Å². The lowest BCUT2D eigenvalue weighted by atomic mass is 10.3. The van der Waals surface area contributed by atoms with Crippen molar-refractivity contribution in [1.82, 2.24) is 15.2 Å². The van der Waals surface area contributed by atoms with Crippen LogP contribution in [0.5, 0.6) is 0 Å². The normalized spacial score (nSPS) is 13.1. The second-order valence-corrected chi connectivity index (χ2v) is 14.6. The van der Waals surface area contributed by atoms with Gasteiger partial charge in [0.15, 0.2) is 5.69 Å². The van der Waals surface area contributed by atoms with Gasteiger partial charge in [0.1, 0.15) is 11.5 Å². The number of rotatable bonds is 8. The third-order valence-corrected chi connectivity index (χ3v) is 11.9. The molecule has 2 aromatic rings. The van der Waals surface area contributed by atoms with Crippen molar-refractivity contribution in [2.75, 3.05) is 5.73 Å². The molecular formula is C17H28N4O5SSi. The van der Waals surface area contributed by atoms with Crippen molar-refractivity contribution in [2.24, 2.45) is 0 Å². The van der Waals surface area contributed by atoms with Gasteiger partial charge in [0.05, 0.1) is 5.69 Å². The Balaban J connectivity index is 2.25. The fourth-order valence-corrected chi connectivity index (χ4v) is 9.71. The Morgan fingerprint density at radius 2 is 1.71 bits per heavy atom. The van der Waals surface area contributed by atoms with Crippen molar-refractivity contribution < 1.29 is 21.8 Å². The molecule has 11 heteroatoms. The third kappa shape index (κ3) is 4.42. The summed E-state index contributed by atoms with van der Waals surface area (Å²) in [7, 11) is -6.48. The predicted octanol–water partition coefficient (Wildman–Crippen LogP) is 3.65. The molecule has 0 aliphatic rings. The van der Waals surface area contributed by atoms with Crippen LogP contribution in [0.3, 0.4) is 0 Å². The van der Waals surface area contributed by atoms with E-state index < -0.39 is 23.3 Å². The summed E-state index contributed by atoms with van der Waals surface area (Å²) in [5, 5.41) is 7.94. The number of anilines is 1. The lowest BCUT2D eigenvalue weighted by Gasteiger charge is -2.41. The number of nitrogens with zero attached hydrogens (tertiary/aromatic N) is 3. The minimum Gasteiger partial charge on any atom is -0.417 e. The summed E-state index contributed by atoms with van der Waals surface area (Å²) in [6.45, 7) is 13.3. The van der Waals surface area contributed by atoms with Gasteiger partial charge in [-0.3, -0.25) is 4.55 Å². The van der Waals surface area contributed by atoms with Gasteiger partial charge in [-0.1, -0.05) is 41.5 Å². The first-order valence-electron chi connectivity index (χ1n) is 9.09. The van der Waals surface area contributed by atoms with Crippen LogP contribution in [-0.2, 0) is 21.2 Å². The van der Waals surface area contributed by atoms with Crippen molar-refractivity contribution >= 4 is 24.1 Å². The molecule has 0 amide bonds. The summed E-state index contributed by atoms with van der Waals surface area (Å²) in [5.74, 6) is 0.359. The molecule has 0 aliphatic carbocycles. The average Bonchev–Trinajstić information content (AvgIpc) is 3.02. The number of hydrogen-bond acceptors (Lipinski definition) is 8. The third-order valence-electron chi connectivity index (χ3n) is 5.01. The van der Waals surface area contributed by atoms with Crippen molar-refractivity contribution in [1.29, 1.82) is 0 Å². The van der Waals surface area contributed by atoms with Crippen LogP contribution in [0.4, 0.5) is 5.69 Å². The highest BCUT2D eigenvalue weighted by Gasteiger charge is 2.45. The number of hydrogen-bond donors (Lipinski definition) is 2. The Hall–Kier alpha value is -1.82. The number of pyridine rings is 1. The average molecular weight is 429 g/mol. The van der Waals surface area contributed by atoms with Crippen LogP contribution in [-0.4, -0.2) is 36.5 Å². The highest BCUT2D eigenvalue weighted by Crippen LogP contribution is 2.42. The van der Waals surface area contributed by atoms with E-state index in [2.05, 4.69) is 56.7 Å². The minimum absolute atomic E-state index is 0.00139. The van der Waals surface area contributed by atoms with Gasteiger partial charge in [-0.05, 0) is 22.7 Å². The Kier molecular flexibility index (Phi) is 6.64. The summed E-state index contributed by atoms with van der Waals surface area (Å²) in [6.07, 6.45) is 0.982. The molecule has 2 aromatic heterocycles. The molecule has 28 heavy (non-hydrogen) atoms. The van der Waals surface area contributed by atoms with Gasteiger partial charge in [0, 0.05) is 6.20 Å². The van der Waals surface area contributed by atoms with Crippen LogP contribution < -0.4 is 5.73 Å². The van der Waals surface area contributed by atoms with Gasteiger partial charge in [-0.25, -0.2) is 4.98 Å². The van der Waals surface area contributed by atoms with Crippen LogP contribution in [0.2, 0.25) is 16.6 Å². The summed E-state index contributed by atoms with van der Waals surface area (Å²) in [6, 6.07) is 1.09. The molecule has 0 bridgehead atoms. The number of nitrogens with two attached hydrogens (primary N) is 1. The summed E-state index contributed by atoms with van der Waals surface area (Å²) in [4.78, 5) is 3.53. The maximum absolute atomic E-state index is 11.2. The molecule has 0 fully saturated rings. The second-order valence-electron chi connectivity index (χ2n) is 7.69. The van der Waals surface area contributed by atoms with Gasteiger partial charge in [-0.2, -0.15) is 8.42 Å². The lowest BCUT2D eigenvalue weighted by Crippen LogP contribution is -2.47. The minimum atomic E-state index is -4.39. The molecule has 2 heterocycles. The van der Waals surface area contributed by atoms with Gasteiger partial charge >= 0.3 is 0 Å². The van der Waals surface area contributed by atoms with E-state index in [1.165, 1.54) is 0 Å². The van der Waals surface area contributed by atoms with Crippen molar-refractivity contribution in [3.8, 4) is 11.6 Å².